The summed E-state index contributed by atoms with van der Waals surface area (Å²) in [5.41, 5.74) is 0. The fourth-order valence-electron chi connectivity index (χ4n) is 0.402. The molecule has 2 heteroatoms. The molecule has 9 heavy (non-hydrogen) atoms. The molecule has 0 aromatic carbocycles. The van der Waals surface area contributed by atoms with Crippen molar-refractivity contribution in [3.63, 3.8) is 0 Å². The number of rotatable bonds is 2. The summed E-state index contributed by atoms with van der Waals surface area (Å²) in [6.45, 7) is 6.90. The maximum absolute atomic E-state index is 4.94. The van der Waals surface area contributed by atoms with Gasteiger partial charge >= 0.3 is 6.20 Å². The summed E-state index contributed by atoms with van der Waals surface area (Å²) in [7, 11) is 0. The summed E-state index contributed by atoms with van der Waals surface area (Å²) >= 11 is 1.62. The second kappa shape index (κ2) is 5.46. The first-order valence-electron chi connectivity index (χ1n) is 2.62. The van der Waals surface area contributed by atoms with Gasteiger partial charge < -0.3 is 0 Å². The molecule has 0 saturated heterocycles. The molecule has 0 spiro atoms. The van der Waals surface area contributed by atoms with Gasteiger partial charge in [0.25, 0.3) is 6.57 Å². The highest BCUT2D eigenvalue weighted by atomic mass is 32.2. The van der Waals surface area contributed by atoms with E-state index >= 15 is 0 Å². The van der Waals surface area contributed by atoms with E-state index in [-0.39, 0.29) is 0 Å². The second-order valence-corrected chi connectivity index (χ2v) is 2.26. The lowest BCUT2D eigenvalue weighted by molar-refractivity contribution is 1.71. The van der Waals surface area contributed by atoms with Crippen molar-refractivity contribution in [3.8, 4) is 6.57 Å². The van der Waals surface area contributed by atoms with Crippen LogP contribution in [-0.2, 0) is 0 Å². The van der Waals surface area contributed by atoms with Crippen LogP contribution in [0.25, 0.3) is 4.85 Å². The Morgan fingerprint density at radius 2 is 2.33 bits per heavy atom. The standard InChI is InChI=1S/C7H10NS/c1-4-5-7(9-3)6-8-2/h2,4-6H,1,3H3/q+1/b5-4-,7-6-. The van der Waals surface area contributed by atoms with Crippen LogP contribution in [0.2, 0.25) is 0 Å². The Labute approximate surface area is 60.3 Å². The highest BCUT2D eigenvalue weighted by molar-refractivity contribution is 8.02. The van der Waals surface area contributed by atoms with E-state index in [9.17, 15) is 0 Å². The lowest BCUT2D eigenvalue weighted by Crippen LogP contribution is -1.63. The fourth-order valence-corrected chi connectivity index (χ4v) is 0.840. The average Bonchev–Trinajstić information content (AvgIpc) is 1.88. The normalized spacial score (nSPS) is 11.9. The predicted molar refractivity (Wildman–Crippen MR) is 44.7 cm³/mol. The van der Waals surface area contributed by atoms with Gasteiger partial charge in [-0.1, -0.05) is 6.08 Å². The van der Waals surface area contributed by atoms with Crippen molar-refractivity contribution in [2.24, 2.45) is 0 Å². The molecular formula is C7H10NS+. The van der Waals surface area contributed by atoms with Gasteiger partial charge in [-0.3, -0.25) is 0 Å². The maximum atomic E-state index is 4.94. The first-order chi connectivity index (χ1) is 4.35. The third-order valence-corrected chi connectivity index (χ3v) is 1.48. The van der Waals surface area contributed by atoms with Gasteiger partial charge in [-0.2, -0.15) is 0 Å². The van der Waals surface area contributed by atoms with Crippen LogP contribution in [0.4, 0.5) is 0 Å². The van der Waals surface area contributed by atoms with E-state index in [1.54, 1.807) is 18.0 Å². The molecule has 0 fully saturated rings. The first-order valence-corrected chi connectivity index (χ1v) is 3.84. The molecule has 0 saturated carbocycles. The zero-order valence-corrected chi connectivity index (χ0v) is 6.48. The molecule has 0 bridgehead atoms. The van der Waals surface area contributed by atoms with E-state index in [0.717, 1.165) is 4.91 Å². The van der Waals surface area contributed by atoms with Crippen molar-refractivity contribution in [1.29, 1.82) is 0 Å². The maximum Gasteiger partial charge on any atom is 0.318 e. The first kappa shape index (κ1) is 8.32. The summed E-state index contributed by atoms with van der Waals surface area (Å²) < 4.78 is 0. The Bertz CT molecular complexity index is 162. The quantitative estimate of drug-likeness (QED) is 0.534. The number of thioether (sulfide) groups is 1. The van der Waals surface area contributed by atoms with Gasteiger partial charge in [0.15, 0.2) is 0 Å². The van der Waals surface area contributed by atoms with Gasteiger partial charge in [0.1, 0.15) is 0 Å². The fraction of sp³-hybridized carbons (Fsp3) is 0.286. The van der Waals surface area contributed by atoms with Crippen molar-refractivity contribution in [1.82, 2.24) is 0 Å². The van der Waals surface area contributed by atoms with Gasteiger partial charge in [0, 0.05) is 0 Å². The van der Waals surface area contributed by atoms with Crippen LogP contribution in [0.15, 0.2) is 23.3 Å². The van der Waals surface area contributed by atoms with Crippen LogP contribution in [0.3, 0.4) is 0 Å². The highest BCUT2D eigenvalue weighted by Gasteiger charge is 1.90. The molecular weight excluding hydrogens is 130 g/mol. The van der Waals surface area contributed by atoms with Crippen LogP contribution in [0.1, 0.15) is 6.92 Å². The van der Waals surface area contributed by atoms with E-state index in [1.807, 2.05) is 25.3 Å². The Balaban J connectivity index is 4.02. The van der Waals surface area contributed by atoms with Gasteiger partial charge in [0.05, 0.1) is 4.91 Å². The molecule has 0 aliphatic heterocycles. The molecule has 0 rings (SSSR count). The molecule has 0 aromatic rings. The third kappa shape index (κ3) is 3.87. The van der Waals surface area contributed by atoms with E-state index in [4.69, 9.17) is 6.57 Å². The van der Waals surface area contributed by atoms with E-state index in [2.05, 4.69) is 4.85 Å². The van der Waals surface area contributed by atoms with Crippen molar-refractivity contribution in [2.75, 3.05) is 6.26 Å². The molecule has 0 heterocycles. The lowest BCUT2D eigenvalue weighted by atomic mass is 10.5. The van der Waals surface area contributed by atoms with E-state index in [0.29, 0.717) is 0 Å². The van der Waals surface area contributed by atoms with Crippen LogP contribution >= 0.6 is 11.8 Å². The minimum absolute atomic E-state index is 1.07. The lowest BCUT2D eigenvalue weighted by Gasteiger charge is -1.83. The number of hydrogen-bond acceptors (Lipinski definition) is 1. The van der Waals surface area contributed by atoms with Crippen LogP contribution < -0.4 is 0 Å². The summed E-state index contributed by atoms with van der Waals surface area (Å²) in [6.07, 6.45) is 7.52. The molecule has 48 valence electrons. The monoisotopic (exact) mass is 140 g/mol. The second-order valence-electron chi connectivity index (χ2n) is 1.38. The Hall–Kier alpha value is -0.680. The van der Waals surface area contributed by atoms with E-state index < -0.39 is 0 Å². The summed E-state index contributed by atoms with van der Waals surface area (Å²) in [5.74, 6) is 0. The Morgan fingerprint density at radius 3 is 2.67 bits per heavy atom. The molecule has 0 amide bonds. The highest BCUT2D eigenvalue weighted by Crippen LogP contribution is 2.12. The molecule has 1 nitrogen and oxygen atoms in total. The summed E-state index contributed by atoms with van der Waals surface area (Å²) in [5, 5.41) is 0. The smallest absolute Gasteiger partial charge is 0.122 e. The topological polar surface area (TPSA) is 4.36 Å². The number of allylic oxidation sites excluding steroid dienone is 2. The molecule has 0 N–H and O–H groups in total. The molecule has 0 unspecified atom stereocenters. The molecule has 0 aromatic heterocycles. The largest absolute Gasteiger partial charge is 0.318 e. The van der Waals surface area contributed by atoms with Crippen molar-refractivity contribution in [2.45, 2.75) is 6.92 Å². The SMILES string of the molecule is C#[N+]/C=C(/C=C\C)SC. The Kier molecular flexibility index (Phi) is 5.04. The number of nitrogens with zero attached hydrogens (tertiary/aromatic N) is 1. The zero-order valence-electron chi connectivity index (χ0n) is 5.66. The molecule has 0 atom stereocenters. The Morgan fingerprint density at radius 1 is 1.67 bits per heavy atom. The summed E-state index contributed by atoms with van der Waals surface area (Å²) in [4.78, 5) is 4.46. The third-order valence-electron chi connectivity index (χ3n) is 0.768. The van der Waals surface area contributed by atoms with Gasteiger partial charge in [-0.15, -0.1) is 11.8 Å². The van der Waals surface area contributed by atoms with E-state index in [1.165, 1.54) is 0 Å². The molecule has 0 aliphatic carbocycles. The minimum atomic E-state index is 1.07. The van der Waals surface area contributed by atoms with Crippen LogP contribution in [0, 0.1) is 6.57 Å². The molecule has 0 aliphatic rings. The van der Waals surface area contributed by atoms with Crippen molar-refractivity contribution >= 4 is 11.8 Å². The summed E-state index contributed by atoms with van der Waals surface area (Å²) in [6, 6.07) is 0. The predicted octanol–water partition coefficient (Wildman–Crippen LogP) is 2.73. The van der Waals surface area contributed by atoms with Crippen LogP contribution in [0.5, 0.6) is 0 Å². The minimum Gasteiger partial charge on any atom is -0.122 e. The van der Waals surface area contributed by atoms with Crippen molar-refractivity contribution in [3.05, 3.63) is 28.1 Å². The van der Waals surface area contributed by atoms with Crippen LogP contribution in [-0.4, -0.2) is 6.26 Å². The van der Waals surface area contributed by atoms with Crippen molar-refractivity contribution < 1.29 is 0 Å². The number of hydrogen-bond donors (Lipinski definition) is 0. The average molecular weight is 140 g/mol. The van der Waals surface area contributed by atoms with Gasteiger partial charge in [-0.05, 0) is 24.1 Å². The molecule has 0 radical (unpaired) electrons. The zero-order chi connectivity index (χ0) is 7.11. The van der Waals surface area contributed by atoms with Gasteiger partial charge in [-0.25, -0.2) is 0 Å². The van der Waals surface area contributed by atoms with Gasteiger partial charge in [0.2, 0.25) is 0 Å².